The van der Waals surface area contributed by atoms with Crippen LogP contribution in [0.5, 0.6) is 0 Å². The Balaban J connectivity index is 2.48. The molecule has 4 heteroatoms. The number of anilines is 1. The van der Waals surface area contributed by atoms with E-state index in [-0.39, 0.29) is 0 Å². The van der Waals surface area contributed by atoms with E-state index in [9.17, 15) is 0 Å². The van der Waals surface area contributed by atoms with E-state index in [1.54, 1.807) is 6.92 Å². The van der Waals surface area contributed by atoms with Gasteiger partial charge in [-0.1, -0.05) is 35.5 Å². The monoisotopic (exact) mass is 240 g/mol. The van der Waals surface area contributed by atoms with Crippen LogP contribution in [-0.4, -0.2) is 10.9 Å². The molecule has 1 heterocycles. The highest BCUT2D eigenvalue weighted by Crippen LogP contribution is 2.34. The van der Waals surface area contributed by atoms with Crippen LogP contribution in [0.1, 0.15) is 12.7 Å². The van der Waals surface area contributed by atoms with Gasteiger partial charge in [-0.05, 0) is 23.8 Å². The first-order valence-electron chi connectivity index (χ1n) is 5.61. The first kappa shape index (κ1) is 10.7. The van der Waals surface area contributed by atoms with Crippen molar-refractivity contribution < 1.29 is 9.62 Å². The van der Waals surface area contributed by atoms with Gasteiger partial charge in [0.15, 0.2) is 5.76 Å². The Kier molecular flexibility index (Phi) is 2.23. The van der Waals surface area contributed by atoms with Crippen molar-refractivity contribution in [3.05, 3.63) is 42.2 Å². The van der Waals surface area contributed by atoms with Gasteiger partial charge < -0.3 is 15.4 Å². The van der Waals surface area contributed by atoms with Gasteiger partial charge >= 0.3 is 0 Å². The van der Waals surface area contributed by atoms with Gasteiger partial charge in [0.1, 0.15) is 11.3 Å². The molecule has 0 aliphatic heterocycles. The summed E-state index contributed by atoms with van der Waals surface area (Å²) in [5, 5.41) is 15.0. The lowest BCUT2D eigenvalue weighted by Crippen LogP contribution is -1.97. The van der Waals surface area contributed by atoms with Crippen LogP contribution in [0.3, 0.4) is 0 Å². The fourth-order valence-corrected chi connectivity index (χ4v) is 2.21. The first-order valence-corrected chi connectivity index (χ1v) is 5.61. The number of oxime groups is 1. The molecule has 0 bridgehead atoms. The third kappa shape index (κ3) is 1.35. The summed E-state index contributed by atoms with van der Waals surface area (Å²) in [6.07, 6.45) is 0. The zero-order valence-corrected chi connectivity index (χ0v) is 9.84. The van der Waals surface area contributed by atoms with Gasteiger partial charge in [-0.2, -0.15) is 0 Å². The molecule has 0 saturated heterocycles. The second-order valence-corrected chi connectivity index (χ2v) is 4.19. The zero-order valence-electron chi connectivity index (χ0n) is 9.84. The third-order valence-electron chi connectivity index (χ3n) is 3.10. The Hall–Kier alpha value is -2.49. The standard InChI is InChI=1S/C14H12N2O2/c1-8(16-17)14-13(15)12-10-5-3-2-4-9(10)6-7-11(12)18-14/h2-7,17H,15H2,1H3/b16-8+. The highest BCUT2D eigenvalue weighted by molar-refractivity contribution is 6.16. The number of nitrogens with two attached hydrogens (primary N) is 1. The Morgan fingerprint density at radius 1 is 1.22 bits per heavy atom. The van der Waals surface area contributed by atoms with Gasteiger partial charge in [0, 0.05) is 0 Å². The lowest BCUT2D eigenvalue weighted by atomic mass is 10.1. The van der Waals surface area contributed by atoms with Crippen molar-refractivity contribution in [3.8, 4) is 0 Å². The summed E-state index contributed by atoms with van der Waals surface area (Å²) >= 11 is 0. The van der Waals surface area contributed by atoms with Crippen molar-refractivity contribution in [1.29, 1.82) is 0 Å². The molecular formula is C14H12N2O2. The number of hydrogen-bond donors (Lipinski definition) is 2. The van der Waals surface area contributed by atoms with Crippen LogP contribution in [-0.2, 0) is 0 Å². The summed E-state index contributed by atoms with van der Waals surface area (Å²) in [7, 11) is 0. The zero-order chi connectivity index (χ0) is 12.7. The summed E-state index contributed by atoms with van der Waals surface area (Å²) in [5.74, 6) is 0.420. The average molecular weight is 240 g/mol. The molecule has 3 aromatic rings. The minimum Gasteiger partial charge on any atom is -0.452 e. The molecule has 1 aromatic heterocycles. The van der Waals surface area contributed by atoms with E-state index in [0.29, 0.717) is 22.7 Å². The molecule has 0 aliphatic rings. The Morgan fingerprint density at radius 2 is 2.00 bits per heavy atom. The van der Waals surface area contributed by atoms with Crippen LogP contribution in [0.25, 0.3) is 21.7 Å². The topological polar surface area (TPSA) is 71.8 Å². The normalized spacial score (nSPS) is 12.4. The van der Waals surface area contributed by atoms with Crippen LogP contribution in [0.2, 0.25) is 0 Å². The van der Waals surface area contributed by atoms with Gasteiger partial charge in [-0.15, -0.1) is 0 Å². The number of nitrogens with zero attached hydrogens (tertiary/aromatic N) is 1. The third-order valence-corrected chi connectivity index (χ3v) is 3.10. The van der Waals surface area contributed by atoms with Crippen molar-refractivity contribution in [2.24, 2.45) is 5.16 Å². The number of benzene rings is 2. The largest absolute Gasteiger partial charge is 0.452 e. The molecule has 0 fully saturated rings. The quantitative estimate of drug-likeness (QED) is 0.389. The van der Waals surface area contributed by atoms with Crippen molar-refractivity contribution >= 4 is 33.1 Å². The number of furan rings is 1. The van der Waals surface area contributed by atoms with Crippen LogP contribution >= 0.6 is 0 Å². The number of hydrogen-bond acceptors (Lipinski definition) is 4. The van der Waals surface area contributed by atoms with Crippen LogP contribution in [0, 0.1) is 0 Å². The summed E-state index contributed by atoms with van der Waals surface area (Å²) in [5.41, 5.74) is 7.67. The van der Waals surface area contributed by atoms with E-state index >= 15 is 0 Å². The van der Waals surface area contributed by atoms with Crippen LogP contribution in [0.4, 0.5) is 5.69 Å². The fourth-order valence-electron chi connectivity index (χ4n) is 2.21. The first-order chi connectivity index (χ1) is 8.72. The van der Waals surface area contributed by atoms with Gasteiger partial charge in [-0.3, -0.25) is 0 Å². The average Bonchev–Trinajstić information content (AvgIpc) is 2.76. The van der Waals surface area contributed by atoms with E-state index in [0.717, 1.165) is 16.2 Å². The van der Waals surface area contributed by atoms with Gasteiger partial charge in [0.25, 0.3) is 0 Å². The van der Waals surface area contributed by atoms with Crippen molar-refractivity contribution in [3.63, 3.8) is 0 Å². The predicted molar refractivity (Wildman–Crippen MR) is 72.1 cm³/mol. The molecule has 0 saturated carbocycles. The van der Waals surface area contributed by atoms with E-state index in [1.807, 2.05) is 36.4 Å². The Bertz CT molecular complexity index is 772. The summed E-state index contributed by atoms with van der Waals surface area (Å²) < 4.78 is 5.64. The van der Waals surface area contributed by atoms with Crippen LogP contribution in [0.15, 0.2) is 46.0 Å². The molecule has 4 nitrogen and oxygen atoms in total. The molecule has 2 aromatic carbocycles. The molecule has 0 spiro atoms. The number of nitrogen functional groups attached to an aromatic ring is 1. The highest BCUT2D eigenvalue weighted by Gasteiger charge is 2.16. The molecular weight excluding hydrogens is 228 g/mol. The van der Waals surface area contributed by atoms with E-state index in [2.05, 4.69) is 5.16 Å². The smallest absolute Gasteiger partial charge is 0.175 e. The maximum Gasteiger partial charge on any atom is 0.175 e. The Morgan fingerprint density at radius 3 is 2.78 bits per heavy atom. The number of rotatable bonds is 1. The maximum atomic E-state index is 8.82. The highest BCUT2D eigenvalue weighted by atomic mass is 16.4. The summed E-state index contributed by atoms with van der Waals surface area (Å²) in [6.45, 7) is 1.65. The number of fused-ring (bicyclic) bond motifs is 3. The van der Waals surface area contributed by atoms with Crippen molar-refractivity contribution in [2.45, 2.75) is 6.92 Å². The molecule has 3 N–H and O–H groups in total. The Labute approximate surface area is 103 Å². The predicted octanol–water partition coefficient (Wildman–Crippen LogP) is 3.37. The van der Waals surface area contributed by atoms with Crippen LogP contribution < -0.4 is 5.73 Å². The SMILES string of the molecule is C/C(=N\O)c1oc2ccc3ccccc3c2c1N. The minimum absolute atomic E-state index is 0.368. The molecule has 0 aliphatic carbocycles. The van der Waals surface area contributed by atoms with E-state index < -0.39 is 0 Å². The summed E-state index contributed by atoms with van der Waals surface area (Å²) in [6, 6.07) is 11.8. The van der Waals surface area contributed by atoms with E-state index in [1.165, 1.54) is 0 Å². The molecule has 0 amide bonds. The van der Waals surface area contributed by atoms with Gasteiger partial charge in [0.2, 0.25) is 0 Å². The summed E-state index contributed by atoms with van der Waals surface area (Å²) in [4.78, 5) is 0. The lowest BCUT2D eigenvalue weighted by molar-refractivity contribution is 0.318. The van der Waals surface area contributed by atoms with Crippen molar-refractivity contribution in [1.82, 2.24) is 0 Å². The second-order valence-electron chi connectivity index (χ2n) is 4.19. The second kappa shape index (κ2) is 3.77. The fraction of sp³-hybridized carbons (Fsp3) is 0.0714. The molecule has 3 rings (SSSR count). The minimum atomic E-state index is 0.368. The molecule has 0 unspecified atom stereocenters. The molecule has 18 heavy (non-hydrogen) atoms. The van der Waals surface area contributed by atoms with Gasteiger partial charge in [-0.25, -0.2) is 0 Å². The van der Waals surface area contributed by atoms with Gasteiger partial charge in [0.05, 0.1) is 11.1 Å². The molecule has 0 atom stereocenters. The maximum absolute atomic E-state index is 8.82. The molecule has 90 valence electrons. The van der Waals surface area contributed by atoms with E-state index in [4.69, 9.17) is 15.4 Å². The molecule has 0 radical (unpaired) electrons. The van der Waals surface area contributed by atoms with Crippen molar-refractivity contribution in [2.75, 3.05) is 5.73 Å². The lowest BCUT2D eigenvalue weighted by Gasteiger charge is -1.98.